The molecule has 0 spiro atoms. The number of aryl methyl sites for hydroxylation is 1. The fraction of sp³-hybridized carbons (Fsp3) is 0.385. The summed E-state index contributed by atoms with van der Waals surface area (Å²) in [5.41, 5.74) is 0. The monoisotopic (exact) mass is 279 g/mol. The van der Waals surface area contributed by atoms with E-state index < -0.39 is 0 Å². The minimum absolute atomic E-state index is 0.000469. The van der Waals surface area contributed by atoms with Gasteiger partial charge in [-0.2, -0.15) is 0 Å². The van der Waals surface area contributed by atoms with E-state index in [1.54, 1.807) is 7.11 Å². The lowest BCUT2D eigenvalue weighted by Crippen LogP contribution is -2.22. The molecule has 5 nitrogen and oxygen atoms in total. The van der Waals surface area contributed by atoms with Gasteiger partial charge in [0.25, 0.3) is 0 Å². The Morgan fingerprint density at radius 1 is 1.26 bits per heavy atom. The summed E-state index contributed by atoms with van der Waals surface area (Å²) in [5, 5.41) is 12.9. The number of ether oxygens (including phenoxy) is 2. The zero-order valence-corrected chi connectivity index (χ0v) is 12.0. The molecule has 1 atom stereocenters. The normalized spacial score (nSPS) is 11.9. The average Bonchev–Trinajstić information content (AvgIpc) is 2.83. The molecule has 0 aliphatic carbocycles. The van der Waals surface area contributed by atoms with E-state index in [0.29, 0.717) is 6.54 Å². The Kier molecular flexibility index (Phi) is 4.57. The number of benzene rings is 1. The first-order chi connectivity index (χ1) is 9.19. The summed E-state index contributed by atoms with van der Waals surface area (Å²) in [6.45, 7) is 4.58. The molecule has 1 unspecified atom stereocenters. The van der Waals surface area contributed by atoms with E-state index in [9.17, 15) is 0 Å². The summed E-state index contributed by atoms with van der Waals surface area (Å²) >= 11 is 1.53. The molecule has 0 radical (unpaired) electrons. The molecule has 0 saturated carbocycles. The Hall–Kier alpha value is -1.82. The second kappa shape index (κ2) is 6.38. The summed E-state index contributed by atoms with van der Waals surface area (Å²) in [6, 6.07) is 7.61. The van der Waals surface area contributed by atoms with Crippen molar-refractivity contribution in [2.45, 2.75) is 20.0 Å². The van der Waals surface area contributed by atoms with E-state index in [2.05, 4.69) is 15.5 Å². The Morgan fingerprint density at radius 3 is 2.63 bits per heavy atom. The molecule has 19 heavy (non-hydrogen) atoms. The van der Waals surface area contributed by atoms with Crippen molar-refractivity contribution in [2.75, 3.05) is 19.0 Å². The lowest BCUT2D eigenvalue weighted by molar-refractivity contribution is 0.223. The molecule has 0 aliphatic rings. The van der Waals surface area contributed by atoms with Crippen molar-refractivity contribution in [3.8, 4) is 11.5 Å². The Bertz CT molecular complexity index is 530. The third-order valence-electron chi connectivity index (χ3n) is 2.46. The van der Waals surface area contributed by atoms with E-state index in [-0.39, 0.29) is 6.10 Å². The van der Waals surface area contributed by atoms with Crippen LogP contribution in [0.1, 0.15) is 11.9 Å². The van der Waals surface area contributed by atoms with Crippen LogP contribution in [0.3, 0.4) is 0 Å². The molecule has 1 heterocycles. The third kappa shape index (κ3) is 3.82. The summed E-state index contributed by atoms with van der Waals surface area (Å²) in [4.78, 5) is 0. The van der Waals surface area contributed by atoms with Gasteiger partial charge in [0.15, 0.2) is 11.5 Å². The van der Waals surface area contributed by atoms with Gasteiger partial charge in [0.05, 0.1) is 13.7 Å². The molecule has 0 saturated heterocycles. The van der Waals surface area contributed by atoms with Gasteiger partial charge in [-0.1, -0.05) is 23.5 Å². The van der Waals surface area contributed by atoms with Crippen molar-refractivity contribution in [1.29, 1.82) is 0 Å². The first kappa shape index (κ1) is 13.6. The molecule has 102 valence electrons. The van der Waals surface area contributed by atoms with Crippen molar-refractivity contribution < 1.29 is 9.47 Å². The van der Waals surface area contributed by atoms with Gasteiger partial charge in [-0.25, -0.2) is 0 Å². The van der Waals surface area contributed by atoms with Crippen LogP contribution in [0.2, 0.25) is 0 Å². The van der Waals surface area contributed by atoms with E-state index in [1.165, 1.54) is 11.3 Å². The van der Waals surface area contributed by atoms with E-state index in [0.717, 1.165) is 21.6 Å². The maximum atomic E-state index is 5.83. The lowest BCUT2D eigenvalue weighted by atomic mass is 10.3. The number of rotatable bonds is 6. The highest BCUT2D eigenvalue weighted by atomic mass is 32.1. The van der Waals surface area contributed by atoms with Crippen molar-refractivity contribution in [3.05, 3.63) is 29.3 Å². The fourth-order valence-corrected chi connectivity index (χ4v) is 2.17. The van der Waals surface area contributed by atoms with Gasteiger partial charge in [0.1, 0.15) is 11.1 Å². The predicted octanol–water partition coefficient (Wildman–Crippen LogP) is 2.73. The quantitative estimate of drug-likeness (QED) is 0.881. The van der Waals surface area contributed by atoms with Crippen molar-refractivity contribution in [1.82, 2.24) is 10.2 Å². The van der Waals surface area contributed by atoms with Gasteiger partial charge in [-0.05, 0) is 26.0 Å². The van der Waals surface area contributed by atoms with Crippen LogP contribution in [0.5, 0.6) is 11.5 Å². The number of nitrogens with zero attached hydrogens (tertiary/aromatic N) is 2. The molecule has 1 N–H and O–H groups in total. The predicted molar refractivity (Wildman–Crippen MR) is 76.2 cm³/mol. The first-order valence-electron chi connectivity index (χ1n) is 6.02. The zero-order valence-electron chi connectivity index (χ0n) is 11.2. The highest BCUT2D eigenvalue weighted by molar-refractivity contribution is 7.15. The van der Waals surface area contributed by atoms with Gasteiger partial charge in [-0.3, -0.25) is 0 Å². The fourth-order valence-electron chi connectivity index (χ4n) is 1.57. The number of aromatic nitrogens is 2. The van der Waals surface area contributed by atoms with Crippen molar-refractivity contribution in [3.63, 3.8) is 0 Å². The maximum Gasteiger partial charge on any atom is 0.205 e. The van der Waals surface area contributed by atoms with Crippen LogP contribution in [0.4, 0.5) is 5.13 Å². The summed E-state index contributed by atoms with van der Waals surface area (Å²) in [5.74, 6) is 1.48. The van der Waals surface area contributed by atoms with Crippen LogP contribution in [0.25, 0.3) is 0 Å². The van der Waals surface area contributed by atoms with Crippen LogP contribution in [0.15, 0.2) is 24.3 Å². The highest BCUT2D eigenvalue weighted by Crippen LogP contribution is 2.26. The van der Waals surface area contributed by atoms with Gasteiger partial charge in [-0.15, -0.1) is 10.2 Å². The van der Waals surface area contributed by atoms with Gasteiger partial charge < -0.3 is 14.8 Å². The molecule has 0 amide bonds. The average molecular weight is 279 g/mol. The third-order valence-corrected chi connectivity index (χ3v) is 3.26. The first-order valence-corrected chi connectivity index (χ1v) is 6.84. The van der Waals surface area contributed by atoms with Gasteiger partial charge in [0, 0.05) is 0 Å². The number of para-hydroxylation sites is 2. The smallest absolute Gasteiger partial charge is 0.205 e. The number of nitrogens with one attached hydrogen (secondary N) is 1. The molecule has 0 fully saturated rings. The van der Waals surface area contributed by atoms with Gasteiger partial charge in [0.2, 0.25) is 5.13 Å². The second-order valence-corrected chi connectivity index (χ2v) is 5.27. The number of hydrogen-bond acceptors (Lipinski definition) is 6. The topological polar surface area (TPSA) is 56.3 Å². The Morgan fingerprint density at radius 2 is 2.00 bits per heavy atom. The number of hydrogen-bond donors (Lipinski definition) is 1. The second-order valence-electron chi connectivity index (χ2n) is 4.09. The van der Waals surface area contributed by atoms with Crippen LogP contribution in [-0.4, -0.2) is 30.0 Å². The molecular formula is C13H17N3O2S. The molecule has 0 aliphatic heterocycles. The van der Waals surface area contributed by atoms with Crippen molar-refractivity contribution in [2.24, 2.45) is 0 Å². The molecule has 1 aromatic carbocycles. The van der Waals surface area contributed by atoms with Gasteiger partial charge >= 0.3 is 0 Å². The Labute approximate surface area is 116 Å². The van der Waals surface area contributed by atoms with E-state index >= 15 is 0 Å². The number of methoxy groups -OCH3 is 1. The highest BCUT2D eigenvalue weighted by Gasteiger charge is 2.09. The lowest BCUT2D eigenvalue weighted by Gasteiger charge is -2.16. The SMILES string of the molecule is COc1ccccc1OC(C)CNc1nnc(C)s1. The van der Waals surface area contributed by atoms with Crippen LogP contribution in [0, 0.1) is 6.92 Å². The minimum atomic E-state index is 0.000469. The molecule has 6 heteroatoms. The summed E-state index contributed by atoms with van der Waals surface area (Å²) in [7, 11) is 1.63. The molecule has 2 aromatic rings. The van der Waals surface area contributed by atoms with Crippen LogP contribution in [-0.2, 0) is 0 Å². The maximum absolute atomic E-state index is 5.83. The summed E-state index contributed by atoms with van der Waals surface area (Å²) in [6.07, 6.45) is 0.000469. The number of anilines is 1. The molecule has 1 aromatic heterocycles. The molecule has 0 bridgehead atoms. The Balaban J connectivity index is 1.88. The van der Waals surface area contributed by atoms with Crippen molar-refractivity contribution >= 4 is 16.5 Å². The molecule has 2 rings (SSSR count). The largest absolute Gasteiger partial charge is 0.493 e. The zero-order chi connectivity index (χ0) is 13.7. The van der Waals surface area contributed by atoms with Crippen LogP contribution < -0.4 is 14.8 Å². The van der Waals surface area contributed by atoms with E-state index in [1.807, 2.05) is 38.1 Å². The minimum Gasteiger partial charge on any atom is -0.493 e. The standard InChI is InChI=1S/C13H17N3O2S/c1-9(8-14-13-16-15-10(2)19-13)18-12-7-5-4-6-11(12)17-3/h4-7,9H,8H2,1-3H3,(H,14,16). The molecular weight excluding hydrogens is 262 g/mol. The van der Waals surface area contributed by atoms with E-state index in [4.69, 9.17) is 9.47 Å². The van der Waals surface area contributed by atoms with Crippen LogP contribution >= 0.6 is 11.3 Å². The summed E-state index contributed by atoms with van der Waals surface area (Å²) < 4.78 is 11.1.